The van der Waals surface area contributed by atoms with E-state index in [1.807, 2.05) is 45.0 Å². The van der Waals surface area contributed by atoms with Crippen molar-refractivity contribution in [3.8, 4) is 0 Å². The summed E-state index contributed by atoms with van der Waals surface area (Å²) in [4.78, 5) is 14.3. The molecule has 0 aromatic heterocycles. The van der Waals surface area contributed by atoms with Crippen molar-refractivity contribution in [3.05, 3.63) is 48.5 Å². The first-order chi connectivity index (χ1) is 11.8. The molecule has 0 aliphatic carbocycles. The largest absolute Gasteiger partial charge is 0.372 e. The van der Waals surface area contributed by atoms with Gasteiger partial charge in [0.15, 0.2) is 0 Å². The predicted octanol–water partition coefficient (Wildman–Crippen LogP) is 5.26. The molecule has 0 fully saturated rings. The minimum Gasteiger partial charge on any atom is -0.372 e. The van der Waals surface area contributed by atoms with Gasteiger partial charge in [0.2, 0.25) is 5.91 Å². The molecule has 0 saturated heterocycles. The Balaban J connectivity index is 2.00. The average molecular weight is 339 g/mol. The summed E-state index contributed by atoms with van der Waals surface area (Å²) in [6.45, 7) is 12.0. The number of nitrogens with zero attached hydrogens (tertiary/aromatic N) is 1. The molecule has 4 nitrogen and oxygen atoms in total. The molecular weight excluding hydrogens is 310 g/mol. The Hall–Kier alpha value is -2.49. The lowest BCUT2D eigenvalue weighted by Crippen LogP contribution is -2.27. The second-order valence-electron chi connectivity index (χ2n) is 7.13. The second-order valence-corrected chi connectivity index (χ2v) is 7.13. The number of rotatable bonds is 6. The molecule has 25 heavy (non-hydrogen) atoms. The van der Waals surface area contributed by atoms with Gasteiger partial charge in [0.25, 0.3) is 0 Å². The Labute approximate surface area is 151 Å². The zero-order chi connectivity index (χ0) is 18.4. The van der Waals surface area contributed by atoms with Crippen LogP contribution in [0.3, 0.4) is 0 Å². The van der Waals surface area contributed by atoms with Crippen LogP contribution in [0.4, 0.5) is 22.7 Å². The first kappa shape index (κ1) is 18.8. The van der Waals surface area contributed by atoms with Crippen molar-refractivity contribution in [2.45, 2.75) is 34.6 Å². The lowest BCUT2D eigenvalue weighted by Gasteiger charge is -2.21. The molecule has 0 spiro atoms. The minimum atomic E-state index is -0.399. The van der Waals surface area contributed by atoms with Gasteiger partial charge < -0.3 is 15.5 Å². The van der Waals surface area contributed by atoms with E-state index in [1.54, 1.807) is 0 Å². The third kappa shape index (κ3) is 5.24. The molecule has 4 heteroatoms. The van der Waals surface area contributed by atoms with Crippen molar-refractivity contribution in [1.29, 1.82) is 0 Å². The van der Waals surface area contributed by atoms with E-state index in [0.717, 1.165) is 30.2 Å². The summed E-state index contributed by atoms with van der Waals surface area (Å²) in [5, 5.41) is 6.32. The van der Waals surface area contributed by atoms with E-state index in [1.165, 1.54) is 5.69 Å². The van der Waals surface area contributed by atoms with Crippen LogP contribution in [0.2, 0.25) is 0 Å². The minimum absolute atomic E-state index is 0.0141. The number of amides is 1. The Kier molecular flexibility index (Phi) is 6.07. The highest BCUT2D eigenvalue weighted by atomic mass is 16.2. The monoisotopic (exact) mass is 339 g/mol. The van der Waals surface area contributed by atoms with Crippen LogP contribution in [0.15, 0.2) is 48.5 Å². The van der Waals surface area contributed by atoms with Gasteiger partial charge in [-0.05, 0) is 62.4 Å². The molecule has 2 aromatic carbocycles. The highest BCUT2D eigenvalue weighted by Gasteiger charge is 2.20. The molecule has 1 amide bonds. The van der Waals surface area contributed by atoms with E-state index >= 15 is 0 Å². The normalized spacial score (nSPS) is 11.1. The number of nitrogens with one attached hydrogen (secondary N) is 2. The Bertz CT molecular complexity index is 681. The summed E-state index contributed by atoms with van der Waals surface area (Å²) in [6, 6.07) is 16.2. The predicted molar refractivity (Wildman–Crippen MR) is 108 cm³/mol. The maximum Gasteiger partial charge on any atom is 0.229 e. The lowest BCUT2D eigenvalue weighted by molar-refractivity contribution is -0.123. The molecule has 0 atom stereocenters. The lowest BCUT2D eigenvalue weighted by atomic mass is 9.95. The van der Waals surface area contributed by atoms with Gasteiger partial charge in [-0.25, -0.2) is 0 Å². The molecule has 2 rings (SSSR count). The molecule has 0 aliphatic heterocycles. The fourth-order valence-corrected chi connectivity index (χ4v) is 2.47. The first-order valence-corrected chi connectivity index (χ1v) is 8.87. The van der Waals surface area contributed by atoms with Gasteiger partial charge in [-0.15, -0.1) is 0 Å². The molecule has 0 radical (unpaired) electrons. The average Bonchev–Trinajstić information content (AvgIpc) is 2.58. The van der Waals surface area contributed by atoms with E-state index in [4.69, 9.17) is 0 Å². The second kappa shape index (κ2) is 8.06. The van der Waals surface area contributed by atoms with E-state index in [9.17, 15) is 4.79 Å². The van der Waals surface area contributed by atoms with Crippen molar-refractivity contribution >= 4 is 28.7 Å². The summed E-state index contributed by atoms with van der Waals surface area (Å²) in [7, 11) is 0. The van der Waals surface area contributed by atoms with Crippen molar-refractivity contribution in [2.75, 3.05) is 28.6 Å². The molecule has 134 valence electrons. The van der Waals surface area contributed by atoms with Crippen molar-refractivity contribution in [3.63, 3.8) is 0 Å². The third-order valence-electron chi connectivity index (χ3n) is 4.11. The molecule has 0 unspecified atom stereocenters. The van der Waals surface area contributed by atoms with Crippen molar-refractivity contribution in [2.24, 2.45) is 5.41 Å². The number of benzene rings is 2. The van der Waals surface area contributed by atoms with Gasteiger partial charge in [-0.2, -0.15) is 0 Å². The van der Waals surface area contributed by atoms with Gasteiger partial charge in [0.05, 0.1) is 0 Å². The maximum atomic E-state index is 12.0. The van der Waals surface area contributed by atoms with E-state index in [0.29, 0.717) is 0 Å². The number of carbonyl (C=O) groups is 1. The fourth-order valence-electron chi connectivity index (χ4n) is 2.47. The van der Waals surface area contributed by atoms with Crippen LogP contribution in [-0.4, -0.2) is 19.0 Å². The summed E-state index contributed by atoms with van der Waals surface area (Å²) in [5.74, 6) is 0.0141. The van der Waals surface area contributed by atoms with Gasteiger partial charge in [0.1, 0.15) is 0 Å². The smallest absolute Gasteiger partial charge is 0.229 e. The molecule has 2 aromatic rings. The van der Waals surface area contributed by atoms with Gasteiger partial charge >= 0.3 is 0 Å². The van der Waals surface area contributed by atoms with Crippen molar-refractivity contribution < 1.29 is 4.79 Å². The fraction of sp³-hybridized carbons (Fsp3) is 0.381. The van der Waals surface area contributed by atoms with Crippen LogP contribution in [0.5, 0.6) is 0 Å². The summed E-state index contributed by atoms with van der Waals surface area (Å²) < 4.78 is 0. The highest BCUT2D eigenvalue weighted by Crippen LogP contribution is 2.23. The Morgan fingerprint density at radius 3 is 1.72 bits per heavy atom. The highest BCUT2D eigenvalue weighted by molar-refractivity contribution is 5.94. The van der Waals surface area contributed by atoms with E-state index < -0.39 is 5.41 Å². The Morgan fingerprint density at radius 2 is 1.28 bits per heavy atom. The number of anilines is 4. The maximum absolute atomic E-state index is 12.0. The molecule has 0 heterocycles. The summed E-state index contributed by atoms with van der Waals surface area (Å²) >= 11 is 0. The summed E-state index contributed by atoms with van der Waals surface area (Å²) in [5.41, 5.74) is 3.67. The van der Waals surface area contributed by atoms with E-state index in [2.05, 4.69) is 53.6 Å². The third-order valence-corrected chi connectivity index (χ3v) is 4.11. The van der Waals surface area contributed by atoms with Gasteiger partial charge in [-0.3, -0.25) is 4.79 Å². The number of hydrogen-bond donors (Lipinski definition) is 2. The van der Waals surface area contributed by atoms with Crippen LogP contribution in [0.1, 0.15) is 34.6 Å². The topological polar surface area (TPSA) is 44.4 Å². The van der Waals surface area contributed by atoms with E-state index in [-0.39, 0.29) is 5.91 Å². The van der Waals surface area contributed by atoms with Crippen LogP contribution < -0.4 is 15.5 Å². The Morgan fingerprint density at radius 1 is 0.840 bits per heavy atom. The molecular formula is C21H29N3O. The molecule has 0 saturated carbocycles. The van der Waals surface area contributed by atoms with Crippen LogP contribution in [-0.2, 0) is 4.79 Å². The SMILES string of the molecule is CCN(CC)c1ccc(Nc2ccc(NC(=O)C(C)(C)C)cc2)cc1. The molecule has 2 N–H and O–H groups in total. The summed E-state index contributed by atoms with van der Waals surface area (Å²) in [6.07, 6.45) is 0. The standard InChI is InChI=1S/C21H29N3O/c1-6-24(7-2)19-14-12-17(13-15-19)22-16-8-10-18(11-9-16)23-20(25)21(3,4)5/h8-15,22H,6-7H2,1-5H3,(H,23,25). The van der Waals surface area contributed by atoms with Gasteiger partial charge in [0, 0.05) is 41.3 Å². The molecule has 0 aliphatic rings. The van der Waals surface area contributed by atoms with Crippen LogP contribution in [0, 0.1) is 5.41 Å². The van der Waals surface area contributed by atoms with Gasteiger partial charge in [-0.1, -0.05) is 20.8 Å². The van der Waals surface area contributed by atoms with Crippen molar-refractivity contribution in [1.82, 2.24) is 0 Å². The van der Waals surface area contributed by atoms with Crippen LogP contribution >= 0.6 is 0 Å². The number of hydrogen-bond acceptors (Lipinski definition) is 3. The first-order valence-electron chi connectivity index (χ1n) is 8.87. The quantitative estimate of drug-likeness (QED) is 0.754. The molecule has 0 bridgehead atoms. The zero-order valence-corrected chi connectivity index (χ0v) is 15.9. The van der Waals surface area contributed by atoms with Crippen LogP contribution in [0.25, 0.3) is 0 Å². The number of carbonyl (C=O) groups excluding carboxylic acids is 1. The zero-order valence-electron chi connectivity index (χ0n) is 15.9.